The zero-order chi connectivity index (χ0) is 15.1. The molecule has 2 atom stereocenters. The fourth-order valence-corrected chi connectivity index (χ4v) is 2.71. The number of alkyl halides is 2. The van der Waals surface area contributed by atoms with Crippen molar-refractivity contribution < 1.29 is 17.6 Å². The van der Waals surface area contributed by atoms with Gasteiger partial charge in [-0.25, -0.2) is 17.6 Å². The third-order valence-corrected chi connectivity index (χ3v) is 4.14. The van der Waals surface area contributed by atoms with Gasteiger partial charge in [-0.05, 0) is 31.9 Å². The number of nitrogen functional groups attached to an aromatic ring is 1. The second-order valence-corrected chi connectivity index (χ2v) is 5.66. The van der Waals surface area contributed by atoms with E-state index in [0.29, 0.717) is 0 Å². The molecule has 0 saturated carbocycles. The number of halogens is 4. The molecule has 1 aliphatic heterocycles. The van der Waals surface area contributed by atoms with Crippen LogP contribution in [0, 0.1) is 11.6 Å². The summed E-state index contributed by atoms with van der Waals surface area (Å²) in [6.07, 6.45) is -0.144. The van der Waals surface area contributed by atoms with E-state index in [1.54, 1.807) is 6.92 Å². The lowest BCUT2D eigenvalue weighted by Gasteiger charge is -2.42. The third-order valence-electron chi connectivity index (χ3n) is 3.67. The Morgan fingerprint density at radius 3 is 2.55 bits per heavy atom. The fraction of sp³-hybridized carbons (Fsp3) is 0.462. The quantitative estimate of drug-likeness (QED) is 0.501. The van der Waals surface area contributed by atoms with E-state index in [4.69, 9.17) is 18.0 Å². The predicted molar refractivity (Wildman–Crippen MR) is 72.9 cm³/mol. The Kier molecular flexibility index (Phi) is 3.66. The van der Waals surface area contributed by atoms with Gasteiger partial charge in [0.05, 0.1) is 5.54 Å². The van der Waals surface area contributed by atoms with Gasteiger partial charge in [0.15, 0.2) is 17.3 Å². The van der Waals surface area contributed by atoms with Gasteiger partial charge < -0.3 is 11.1 Å². The minimum Gasteiger partial charge on any atom is -0.399 e. The highest BCUT2D eigenvalue weighted by Crippen LogP contribution is 2.39. The molecule has 1 saturated heterocycles. The van der Waals surface area contributed by atoms with Crippen molar-refractivity contribution in [2.45, 2.75) is 31.0 Å². The summed E-state index contributed by atoms with van der Waals surface area (Å²) >= 11 is 4.82. The van der Waals surface area contributed by atoms with Crippen LogP contribution in [0.15, 0.2) is 12.1 Å². The van der Waals surface area contributed by atoms with E-state index in [2.05, 4.69) is 5.32 Å². The number of anilines is 1. The Morgan fingerprint density at radius 2 is 2.00 bits per heavy atom. The fourth-order valence-electron chi connectivity index (χ4n) is 2.33. The molecule has 2 rings (SSSR count). The summed E-state index contributed by atoms with van der Waals surface area (Å²) in [5.74, 6) is -2.15. The van der Waals surface area contributed by atoms with Gasteiger partial charge in [-0.2, -0.15) is 0 Å². The molecule has 1 fully saturated rings. The zero-order valence-corrected chi connectivity index (χ0v) is 11.6. The van der Waals surface area contributed by atoms with Gasteiger partial charge >= 0.3 is 0 Å². The lowest BCUT2D eigenvalue weighted by atomic mass is 9.79. The topological polar surface area (TPSA) is 38.0 Å². The molecule has 0 bridgehead atoms. The predicted octanol–water partition coefficient (Wildman–Crippen LogP) is 3.15. The van der Waals surface area contributed by atoms with E-state index < -0.39 is 29.5 Å². The molecule has 0 aliphatic carbocycles. The molecule has 2 nitrogen and oxygen atoms in total. The van der Waals surface area contributed by atoms with Crippen molar-refractivity contribution in [3.63, 3.8) is 0 Å². The van der Waals surface area contributed by atoms with E-state index in [0.717, 1.165) is 6.07 Å². The van der Waals surface area contributed by atoms with Crippen molar-refractivity contribution in [2.75, 3.05) is 12.4 Å². The first kappa shape index (κ1) is 15.0. The second kappa shape index (κ2) is 4.87. The van der Waals surface area contributed by atoms with Crippen LogP contribution in [0.3, 0.4) is 0 Å². The molecule has 0 aromatic heterocycles. The summed E-state index contributed by atoms with van der Waals surface area (Å²) in [6.45, 7) is 0.303. The Hall–Kier alpha value is -1.37. The van der Waals surface area contributed by atoms with Gasteiger partial charge in [-0.3, -0.25) is 0 Å². The normalized spacial score (nSPS) is 30.1. The van der Waals surface area contributed by atoms with E-state index >= 15 is 0 Å². The molecule has 0 radical (unpaired) electrons. The minimum atomic E-state index is -2.25. The number of rotatable bonds is 2. The molecule has 7 heteroatoms. The van der Waals surface area contributed by atoms with Crippen molar-refractivity contribution in [1.82, 2.24) is 5.32 Å². The van der Waals surface area contributed by atoms with Crippen molar-refractivity contribution in [2.24, 2.45) is 0 Å². The first-order chi connectivity index (χ1) is 9.22. The molecule has 0 spiro atoms. The van der Waals surface area contributed by atoms with Gasteiger partial charge in [-0.1, -0.05) is 12.2 Å². The van der Waals surface area contributed by atoms with E-state index in [9.17, 15) is 17.6 Å². The molecule has 1 heterocycles. The summed E-state index contributed by atoms with van der Waals surface area (Å²) in [4.78, 5) is -0.337. The maximum Gasteiger partial charge on any atom is 0.188 e. The number of piperidine rings is 1. The van der Waals surface area contributed by atoms with Crippen LogP contribution in [0.5, 0.6) is 0 Å². The molecular weight excluding hydrogens is 292 g/mol. The van der Waals surface area contributed by atoms with Crippen LogP contribution in [0.4, 0.5) is 23.2 Å². The molecule has 3 N–H and O–H groups in total. The SMILES string of the molecule is C[C@@]1(c2cc(N)cc(F)c2F)CC[C@@](F)(CF)C(=S)N1. The first-order valence-electron chi connectivity index (χ1n) is 6.04. The summed E-state index contributed by atoms with van der Waals surface area (Å²) in [6, 6.07) is 2.14. The lowest BCUT2D eigenvalue weighted by Crippen LogP contribution is -2.57. The maximum atomic E-state index is 14.0. The van der Waals surface area contributed by atoms with E-state index in [1.165, 1.54) is 6.07 Å². The monoisotopic (exact) mass is 306 g/mol. The highest BCUT2D eigenvalue weighted by Gasteiger charge is 2.46. The average Bonchev–Trinajstić information content (AvgIpc) is 2.39. The van der Waals surface area contributed by atoms with Gasteiger partial charge in [0.1, 0.15) is 11.7 Å². The molecule has 20 heavy (non-hydrogen) atoms. The lowest BCUT2D eigenvalue weighted by molar-refractivity contribution is 0.138. The van der Waals surface area contributed by atoms with Crippen LogP contribution in [0.2, 0.25) is 0 Å². The van der Waals surface area contributed by atoms with Crippen LogP contribution < -0.4 is 11.1 Å². The number of nitrogens with one attached hydrogen (secondary N) is 1. The van der Waals surface area contributed by atoms with Crippen LogP contribution >= 0.6 is 12.2 Å². The summed E-state index contributed by atoms with van der Waals surface area (Å²) < 4.78 is 54.1. The highest BCUT2D eigenvalue weighted by atomic mass is 32.1. The Morgan fingerprint density at radius 1 is 1.35 bits per heavy atom. The third kappa shape index (κ3) is 2.34. The average molecular weight is 306 g/mol. The number of hydrogen-bond donors (Lipinski definition) is 2. The van der Waals surface area contributed by atoms with Crippen molar-refractivity contribution in [3.8, 4) is 0 Å². The van der Waals surface area contributed by atoms with Gasteiger partial charge in [0.25, 0.3) is 0 Å². The molecule has 1 aliphatic rings. The molecular formula is C13H14F4N2S. The second-order valence-electron chi connectivity index (χ2n) is 5.25. The summed E-state index contributed by atoms with van der Waals surface area (Å²) in [5.41, 5.74) is 2.15. The van der Waals surface area contributed by atoms with Crippen LogP contribution in [-0.2, 0) is 5.54 Å². The molecule has 1 aromatic rings. The number of hydrogen-bond acceptors (Lipinski definition) is 2. The van der Waals surface area contributed by atoms with E-state index in [1.807, 2.05) is 0 Å². The van der Waals surface area contributed by atoms with Gasteiger partial charge in [-0.15, -0.1) is 0 Å². The standard InChI is InChI=1S/C13H14F4N2S/c1-12(2-3-13(17,6-14)11(20)19-12)8-4-7(18)5-9(15)10(8)16/h4-5H,2-3,6,18H2,1H3,(H,19,20)/t12-,13+/m0/s1. The minimum absolute atomic E-state index is 0.0433. The van der Waals surface area contributed by atoms with Gasteiger partial charge in [0, 0.05) is 11.3 Å². The van der Waals surface area contributed by atoms with Crippen molar-refractivity contribution in [1.29, 1.82) is 0 Å². The zero-order valence-electron chi connectivity index (χ0n) is 10.8. The van der Waals surface area contributed by atoms with Crippen LogP contribution in [0.25, 0.3) is 0 Å². The van der Waals surface area contributed by atoms with Gasteiger partial charge in [0.2, 0.25) is 0 Å². The summed E-state index contributed by atoms with van der Waals surface area (Å²) in [5, 5.41) is 2.60. The Bertz CT molecular complexity index is 566. The number of nitrogens with two attached hydrogens (primary N) is 1. The maximum absolute atomic E-state index is 14.0. The van der Waals surface area contributed by atoms with E-state index in [-0.39, 0.29) is 29.1 Å². The van der Waals surface area contributed by atoms with Crippen molar-refractivity contribution >= 4 is 22.9 Å². The van der Waals surface area contributed by atoms with Crippen LogP contribution in [0.1, 0.15) is 25.3 Å². The largest absolute Gasteiger partial charge is 0.399 e. The molecule has 0 unspecified atom stereocenters. The Labute approximate surface area is 119 Å². The first-order valence-corrected chi connectivity index (χ1v) is 6.45. The summed E-state index contributed by atoms with van der Waals surface area (Å²) in [7, 11) is 0. The smallest absolute Gasteiger partial charge is 0.188 e. The number of thiocarbonyl (C=S) groups is 1. The number of benzene rings is 1. The Balaban J connectivity index is 2.41. The van der Waals surface area contributed by atoms with Crippen molar-refractivity contribution in [3.05, 3.63) is 29.3 Å². The molecule has 1 aromatic carbocycles. The molecule has 110 valence electrons. The highest BCUT2D eigenvalue weighted by molar-refractivity contribution is 7.80. The molecule has 0 amide bonds. The van der Waals surface area contributed by atoms with Crippen LogP contribution in [-0.4, -0.2) is 17.3 Å².